The van der Waals surface area contributed by atoms with Crippen molar-refractivity contribution in [2.24, 2.45) is 0 Å². The van der Waals surface area contributed by atoms with Gasteiger partial charge in [-0.1, -0.05) is 30.7 Å². The van der Waals surface area contributed by atoms with Crippen LogP contribution in [-0.4, -0.2) is 34.9 Å². The van der Waals surface area contributed by atoms with E-state index in [0.717, 1.165) is 48.5 Å². The van der Waals surface area contributed by atoms with E-state index in [2.05, 4.69) is 19.6 Å². The fourth-order valence-corrected chi connectivity index (χ4v) is 5.67. The first-order chi connectivity index (χ1) is 15.7. The number of rotatable bonds is 7. The fourth-order valence-electron chi connectivity index (χ4n) is 4.24. The Balaban J connectivity index is 1.47. The number of hydrogen-bond acceptors (Lipinski definition) is 5. The molecule has 176 valence electrons. The third kappa shape index (κ3) is 5.59. The Morgan fingerprint density at radius 1 is 1.09 bits per heavy atom. The van der Waals surface area contributed by atoms with Crippen LogP contribution in [0.25, 0.3) is 11.2 Å². The van der Waals surface area contributed by atoms with Crippen molar-refractivity contribution in [1.29, 1.82) is 0 Å². The first kappa shape index (κ1) is 23.4. The van der Waals surface area contributed by atoms with Crippen LogP contribution in [0.2, 0.25) is 0 Å². The van der Waals surface area contributed by atoms with Gasteiger partial charge in [0.1, 0.15) is 11.3 Å². The molecule has 3 heterocycles. The van der Waals surface area contributed by atoms with E-state index >= 15 is 0 Å². The number of imidazole rings is 1. The topological polar surface area (TPSA) is 106 Å². The van der Waals surface area contributed by atoms with Crippen LogP contribution >= 0.6 is 0 Å². The number of hydrogen-bond donors (Lipinski definition) is 2. The molecular formula is C24H31N5O3S. The Morgan fingerprint density at radius 2 is 1.82 bits per heavy atom. The van der Waals surface area contributed by atoms with Gasteiger partial charge in [0.15, 0.2) is 5.65 Å². The van der Waals surface area contributed by atoms with Crippen LogP contribution in [0.15, 0.2) is 30.3 Å². The van der Waals surface area contributed by atoms with Crippen molar-refractivity contribution in [1.82, 2.24) is 24.6 Å². The first-order valence-corrected chi connectivity index (χ1v) is 13.1. The summed E-state index contributed by atoms with van der Waals surface area (Å²) in [7, 11) is -3.37. The minimum atomic E-state index is -3.37. The second-order valence-electron chi connectivity index (χ2n) is 9.00. The van der Waals surface area contributed by atoms with Crippen LogP contribution < -0.4 is 10.0 Å². The predicted molar refractivity (Wildman–Crippen MR) is 128 cm³/mol. The predicted octanol–water partition coefficient (Wildman–Crippen LogP) is 3.22. The highest BCUT2D eigenvalue weighted by molar-refractivity contribution is 7.88. The number of aromatic nitrogens is 3. The summed E-state index contributed by atoms with van der Waals surface area (Å²) < 4.78 is 29.0. The zero-order chi connectivity index (χ0) is 23.6. The van der Waals surface area contributed by atoms with E-state index in [0.29, 0.717) is 23.2 Å². The molecule has 2 aromatic heterocycles. The molecule has 1 aliphatic rings. The number of amides is 1. The van der Waals surface area contributed by atoms with E-state index in [1.54, 1.807) is 32.0 Å². The SMILES string of the molecule is Cc1cc(C(=O)NCc2ccc(CS(=O)(=O)NC(C)C)cc2)c2nc3n(c2n1)CCCCC3. The normalized spacial score (nSPS) is 14.3. The highest BCUT2D eigenvalue weighted by atomic mass is 32.2. The van der Waals surface area contributed by atoms with Crippen LogP contribution in [0.4, 0.5) is 0 Å². The average molecular weight is 470 g/mol. The molecule has 4 rings (SSSR count). The first-order valence-electron chi connectivity index (χ1n) is 11.4. The second-order valence-corrected chi connectivity index (χ2v) is 10.8. The molecule has 0 unspecified atom stereocenters. The number of carbonyl (C=O) groups excluding carboxylic acids is 1. The van der Waals surface area contributed by atoms with Gasteiger partial charge in [-0.3, -0.25) is 4.79 Å². The van der Waals surface area contributed by atoms with Gasteiger partial charge < -0.3 is 9.88 Å². The molecule has 3 aromatic rings. The lowest BCUT2D eigenvalue weighted by molar-refractivity contribution is 0.0952. The molecule has 1 aromatic carbocycles. The summed E-state index contributed by atoms with van der Waals surface area (Å²) in [5.41, 5.74) is 4.37. The van der Waals surface area contributed by atoms with Gasteiger partial charge in [0.25, 0.3) is 5.91 Å². The lowest BCUT2D eigenvalue weighted by atomic mass is 10.1. The van der Waals surface area contributed by atoms with Crippen molar-refractivity contribution in [2.75, 3.05) is 0 Å². The van der Waals surface area contributed by atoms with Gasteiger partial charge in [-0.15, -0.1) is 0 Å². The van der Waals surface area contributed by atoms with Crippen molar-refractivity contribution in [3.8, 4) is 0 Å². The van der Waals surface area contributed by atoms with Crippen molar-refractivity contribution >= 4 is 27.1 Å². The molecule has 8 nitrogen and oxygen atoms in total. The smallest absolute Gasteiger partial charge is 0.253 e. The number of nitrogens with one attached hydrogen (secondary N) is 2. The number of pyridine rings is 1. The van der Waals surface area contributed by atoms with Crippen molar-refractivity contribution in [3.05, 3.63) is 58.5 Å². The van der Waals surface area contributed by atoms with Crippen molar-refractivity contribution in [3.63, 3.8) is 0 Å². The summed E-state index contributed by atoms with van der Waals surface area (Å²) in [6.45, 7) is 6.71. The molecule has 1 aliphatic heterocycles. The van der Waals surface area contributed by atoms with E-state index in [-0.39, 0.29) is 17.7 Å². The third-order valence-corrected chi connectivity index (χ3v) is 7.23. The van der Waals surface area contributed by atoms with Crippen LogP contribution in [-0.2, 0) is 35.3 Å². The molecule has 1 amide bonds. The molecule has 2 N–H and O–H groups in total. The lowest BCUT2D eigenvalue weighted by Crippen LogP contribution is -2.31. The van der Waals surface area contributed by atoms with Crippen LogP contribution in [0.5, 0.6) is 0 Å². The minimum absolute atomic E-state index is 0.0723. The lowest BCUT2D eigenvalue weighted by Gasteiger charge is -2.10. The largest absolute Gasteiger partial charge is 0.348 e. The molecule has 0 saturated heterocycles. The zero-order valence-electron chi connectivity index (χ0n) is 19.4. The van der Waals surface area contributed by atoms with Crippen molar-refractivity contribution in [2.45, 2.75) is 71.3 Å². The van der Waals surface area contributed by atoms with Crippen LogP contribution in [0.3, 0.4) is 0 Å². The molecule has 0 radical (unpaired) electrons. The van der Waals surface area contributed by atoms with Crippen LogP contribution in [0, 0.1) is 6.92 Å². The van der Waals surface area contributed by atoms with Gasteiger partial charge in [0.05, 0.1) is 11.3 Å². The molecule has 0 spiro atoms. The number of carbonyl (C=O) groups is 1. The standard InChI is InChI=1S/C24H31N5O3S/c1-16(2)28-33(31,32)15-19-10-8-18(9-11-19)14-25-24(30)20-13-17(3)26-23-22(20)27-21-7-5-4-6-12-29(21)23/h8-11,13,16,28H,4-7,12,14-15H2,1-3H3,(H,25,30). The monoisotopic (exact) mass is 469 g/mol. The van der Waals surface area contributed by atoms with Gasteiger partial charge in [0, 0.05) is 31.2 Å². The molecule has 0 bridgehead atoms. The Bertz CT molecular complexity index is 1260. The number of nitrogens with zero attached hydrogens (tertiary/aromatic N) is 3. The molecular weight excluding hydrogens is 438 g/mol. The van der Waals surface area contributed by atoms with Gasteiger partial charge in [0.2, 0.25) is 10.0 Å². The Morgan fingerprint density at radius 3 is 2.55 bits per heavy atom. The fraction of sp³-hybridized carbons (Fsp3) is 0.458. The highest BCUT2D eigenvalue weighted by Gasteiger charge is 2.21. The van der Waals surface area contributed by atoms with Gasteiger partial charge in [-0.05, 0) is 50.8 Å². The van der Waals surface area contributed by atoms with Gasteiger partial charge in [-0.2, -0.15) is 0 Å². The molecule has 0 atom stereocenters. The van der Waals surface area contributed by atoms with E-state index < -0.39 is 10.0 Å². The summed E-state index contributed by atoms with van der Waals surface area (Å²) in [4.78, 5) is 22.5. The van der Waals surface area contributed by atoms with Gasteiger partial charge >= 0.3 is 0 Å². The Hall–Kier alpha value is -2.78. The second kappa shape index (κ2) is 9.61. The summed E-state index contributed by atoms with van der Waals surface area (Å²) in [5, 5.41) is 2.97. The number of fused-ring (bicyclic) bond motifs is 3. The minimum Gasteiger partial charge on any atom is -0.348 e. The molecule has 0 fully saturated rings. The van der Waals surface area contributed by atoms with Crippen LogP contribution in [0.1, 0.15) is 66.1 Å². The summed E-state index contributed by atoms with van der Waals surface area (Å²) in [6, 6.07) is 8.89. The summed E-state index contributed by atoms with van der Waals surface area (Å²) in [5.74, 6) is 0.746. The maximum atomic E-state index is 13.0. The number of sulfonamides is 1. The maximum Gasteiger partial charge on any atom is 0.253 e. The number of aryl methyl sites for hydroxylation is 3. The summed E-state index contributed by atoms with van der Waals surface area (Å²) >= 11 is 0. The van der Waals surface area contributed by atoms with E-state index in [1.807, 2.05) is 19.1 Å². The highest BCUT2D eigenvalue weighted by Crippen LogP contribution is 2.24. The third-order valence-electron chi connectivity index (χ3n) is 5.69. The van der Waals surface area contributed by atoms with E-state index in [1.165, 1.54) is 6.42 Å². The Kier molecular flexibility index (Phi) is 6.81. The molecule has 0 aliphatic carbocycles. The summed E-state index contributed by atoms with van der Waals surface area (Å²) in [6.07, 6.45) is 4.29. The number of benzene rings is 1. The maximum absolute atomic E-state index is 13.0. The Labute approximate surface area is 194 Å². The molecule has 0 saturated carbocycles. The molecule has 9 heteroatoms. The van der Waals surface area contributed by atoms with Crippen molar-refractivity contribution < 1.29 is 13.2 Å². The van der Waals surface area contributed by atoms with E-state index in [4.69, 9.17) is 4.98 Å². The zero-order valence-corrected chi connectivity index (χ0v) is 20.2. The van der Waals surface area contributed by atoms with Gasteiger partial charge in [-0.25, -0.2) is 23.1 Å². The molecule has 33 heavy (non-hydrogen) atoms. The quantitative estimate of drug-likeness (QED) is 0.553. The van der Waals surface area contributed by atoms with E-state index in [9.17, 15) is 13.2 Å². The average Bonchev–Trinajstić information content (AvgIpc) is 2.92.